The lowest BCUT2D eigenvalue weighted by molar-refractivity contribution is 0.122. The molecule has 23 heavy (non-hydrogen) atoms. The molecule has 0 atom stereocenters. The summed E-state index contributed by atoms with van der Waals surface area (Å²) in [5.74, 6) is 1.09. The molecule has 0 radical (unpaired) electrons. The van der Waals surface area contributed by atoms with Gasteiger partial charge in [0.1, 0.15) is 5.82 Å². The molecule has 2 heterocycles. The molecule has 0 N–H and O–H groups in total. The molecule has 118 valence electrons. The first-order valence-corrected chi connectivity index (χ1v) is 8.46. The second-order valence-corrected chi connectivity index (χ2v) is 6.42. The Morgan fingerprint density at radius 2 is 1.96 bits per heavy atom. The van der Waals surface area contributed by atoms with Gasteiger partial charge in [-0.25, -0.2) is 4.98 Å². The smallest absolute Gasteiger partial charge is 0.136 e. The Hall–Kier alpha value is -1.84. The number of aryl methyl sites for hydroxylation is 1. The molecular weight excluding hydrogens is 308 g/mol. The van der Waals surface area contributed by atoms with Gasteiger partial charge in [-0.3, -0.25) is 0 Å². The highest BCUT2D eigenvalue weighted by atomic mass is 35.5. The summed E-state index contributed by atoms with van der Waals surface area (Å²) in [5, 5.41) is 0.786. The van der Waals surface area contributed by atoms with Crippen LogP contribution in [0.3, 0.4) is 0 Å². The Labute approximate surface area is 141 Å². The van der Waals surface area contributed by atoms with Crippen molar-refractivity contribution < 1.29 is 4.74 Å². The normalized spacial score (nSPS) is 17.6. The molecule has 0 spiro atoms. The summed E-state index contributed by atoms with van der Waals surface area (Å²) in [4.78, 5) is 6.99. The van der Waals surface area contributed by atoms with E-state index in [0.717, 1.165) is 50.0 Å². The molecule has 1 aliphatic heterocycles. The van der Waals surface area contributed by atoms with Crippen LogP contribution in [0.5, 0.6) is 0 Å². The Bertz CT molecular complexity index is 751. The van der Waals surface area contributed by atoms with Gasteiger partial charge in [-0.05, 0) is 53.8 Å². The van der Waals surface area contributed by atoms with Gasteiger partial charge in [0.05, 0.1) is 13.2 Å². The van der Waals surface area contributed by atoms with Crippen LogP contribution in [0.2, 0.25) is 5.02 Å². The van der Waals surface area contributed by atoms with Crippen molar-refractivity contribution in [2.24, 2.45) is 0 Å². The second-order valence-electron chi connectivity index (χ2n) is 5.99. The fourth-order valence-corrected chi connectivity index (χ4v) is 3.53. The van der Waals surface area contributed by atoms with E-state index >= 15 is 0 Å². The van der Waals surface area contributed by atoms with Crippen LogP contribution in [0.1, 0.15) is 23.1 Å². The lowest BCUT2D eigenvalue weighted by Crippen LogP contribution is -2.37. The summed E-state index contributed by atoms with van der Waals surface area (Å²) in [6, 6.07) is 10.3. The number of allylic oxidation sites excluding steroid dienone is 1. The third-order valence-electron chi connectivity index (χ3n) is 4.55. The Morgan fingerprint density at radius 1 is 1.09 bits per heavy atom. The number of anilines is 1. The molecular formula is C19H19ClN2O. The number of rotatable bonds is 2. The first kappa shape index (κ1) is 14.7. The lowest BCUT2D eigenvalue weighted by Gasteiger charge is -2.30. The van der Waals surface area contributed by atoms with Crippen molar-refractivity contribution in [3.8, 4) is 0 Å². The van der Waals surface area contributed by atoms with Gasteiger partial charge in [-0.1, -0.05) is 23.7 Å². The van der Waals surface area contributed by atoms with Crippen molar-refractivity contribution in [1.82, 2.24) is 4.98 Å². The number of ether oxygens (including phenoxy) is 1. The number of hydrogen-bond donors (Lipinski definition) is 0. The minimum atomic E-state index is 0.774. The van der Waals surface area contributed by atoms with Gasteiger partial charge < -0.3 is 9.64 Å². The molecule has 4 rings (SSSR count). The van der Waals surface area contributed by atoms with Crippen LogP contribution in [-0.4, -0.2) is 31.3 Å². The van der Waals surface area contributed by atoms with E-state index in [2.05, 4.69) is 28.1 Å². The van der Waals surface area contributed by atoms with E-state index in [4.69, 9.17) is 16.3 Å². The van der Waals surface area contributed by atoms with Crippen LogP contribution in [0.15, 0.2) is 36.5 Å². The third kappa shape index (κ3) is 2.99. The van der Waals surface area contributed by atoms with Gasteiger partial charge in [0.2, 0.25) is 0 Å². The predicted octanol–water partition coefficient (Wildman–Crippen LogP) is 4.06. The maximum Gasteiger partial charge on any atom is 0.136 e. The van der Waals surface area contributed by atoms with Crippen LogP contribution in [-0.2, 0) is 11.2 Å². The number of hydrogen-bond acceptors (Lipinski definition) is 3. The molecule has 4 heteroatoms. The van der Waals surface area contributed by atoms with Crippen molar-refractivity contribution in [2.45, 2.75) is 12.8 Å². The van der Waals surface area contributed by atoms with Crippen molar-refractivity contribution in [2.75, 3.05) is 31.2 Å². The average Bonchev–Trinajstić information content (AvgIpc) is 2.61. The van der Waals surface area contributed by atoms with E-state index < -0.39 is 0 Å². The quantitative estimate of drug-likeness (QED) is 0.832. The summed E-state index contributed by atoms with van der Waals surface area (Å²) in [5.41, 5.74) is 5.19. The number of pyridine rings is 1. The summed E-state index contributed by atoms with van der Waals surface area (Å²) in [7, 11) is 0. The molecule has 1 aliphatic carbocycles. The molecule has 1 aromatic heterocycles. The molecule has 0 amide bonds. The molecule has 0 saturated carbocycles. The summed E-state index contributed by atoms with van der Waals surface area (Å²) in [6.07, 6.45) is 6.32. The number of morpholine rings is 1. The van der Waals surface area contributed by atoms with Crippen LogP contribution < -0.4 is 4.90 Å². The Kier molecular flexibility index (Phi) is 4.06. The first-order valence-electron chi connectivity index (χ1n) is 8.08. The van der Waals surface area contributed by atoms with Crippen molar-refractivity contribution in [3.63, 3.8) is 0 Å². The second kappa shape index (κ2) is 6.34. The molecule has 2 aliphatic rings. The maximum atomic E-state index is 6.16. The standard InChI is InChI=1S/C19H19ClN2O/c20-17-3-1-2-15(12-17)16-5-4-14-6-7-21-19(18(14)13-16)22-8-10-23-11-9-22/h1-3,6-7,12-13H,4-5,8-11H2. The lowest BCUT2D eigenvalue weighted by atomic mass is 9.89. The molecule has 1 aromatic carbocycles. The molecule has 0 unspecified atom stereocenters. The monoisotopic (exact) mass is 326 g/mol. The molecule has 0 bridgehead atoms. The van der Waals surface area contributed by atoms with Crippen LogP contribution >= 0.6 is 11.6 Å². The third-order valence-corrected chi connectivity index (χ3v) is 4.78. The number of benzene rings is 1. The van der Waals surface area contributed by atoms with Crippen molar-refractivity contribution >= 4 is 29.1 Å². The van der Waals surface area contributed by atoms with Crippen LogP contribution in [0.4, 0.5) is 5.82 Å². The molecule has 2 aromatic rings. The largest absolute Gasteiger partial charge is 0.378 e. The predicted molar refractivity (Wildman–Crippen MR) is 94.9 cm³/mol. The molecule has 3 nitrogen and oxygen atoms in total. The number of aromatic nitrogens is 1. The zero-order chi connectivity index (χ0) is 15.6. The van der Waals surface area contributed by atoms with Gasteiger partial charge in [-0.15, -0.1) is 0 Å². The first-order chi connectivity index (χ1) is 11.3. The number of fused-ring (bicyclic) bond motifs is 1. The van der Waals surface area contributed by atoms with E-state index in [1.54, 1.807) is 0 Å². The average molecular weight is 327 g/mol. The summed E-state index contributed by atoms with van der Waals surface area (Å²) in [6.45, 7) is 3.36. The Balaban J connectivity index is 1.75. The minimum absolute atomic E-state index is 0.774. The highest BCUT2D eigenvalue weighted by Gasteiger charge is 2.20. The highest BCUT2D eigenvalue weighted by Crippen LogP contribution is 2.35. The molecule has 1 saturated heterocycles. The maximum absolute atomic E-state index is 6.16. The van der Waals surface area contributed by atoms with Crippen molar-refractivity contribution in [1.29, 1.82) is 0 Å². The van der Waals surface area contributed by atoms with Gasteiger partial charge >= 0.3 is 0 Å². The zero-order valence-electron chi connectivity index (χ0n) is 13.0. The number of halogens is 1. The summed E-state index contributed by atoms with van der Waals surface area (Å²) >= 11 is 6.16. The zero-order valence-corrected chi connectivity index (χ0v) is 13.7. The van der Waals surface area contributed by atoms with Crippen LogP contribution in [0.25, 0.3) is 11.6 Å². The van der Waals surface area contributed by atoms with Gasteiger partial charge in [0.15, 0.2) is 0 Å². The van der Waals surface area contributed by atoms with E-state index in [9.17, 15) is 0 Å². The van der Waals surface area contributed by atoms with Gasteiger partial charge in [-0.2, -0.15) is 0 Å². The van der Waals surface area contributed by atoms with E-state index in [0.29, 0.717) is 0 Å². The van der Waals surface area contributed by atoms with Crippen LogP contribution in [0, 0.1) is 0 Å². The van der Waals surface area contributed by atoms with Gasteiger partial charge in [0, 0.05) is 29.9 Å². The van der Waals surface area contributed by atoms with Gasteiger partial charge in [0.25, 0.3) is 0 Å². The fourth-order valence-electron chi connectivity index (χ4n) is 3.33. The SMILES string of the molecule is Clc1cccc(C2=Cc3c(ccnc3N3CCOCC3)CC2)c1. The number of nitrogens with zero attached hydrogens (tertiary/aromatic N) is 2. The Morgan fingerprint density at radius 3 is 2.78 bits per heavy atom. The fraction of sp³-hybridized carbons (Fsp3) is 0.316. The minimum Gasteiger partial charge on any atom is -0.378 e. The van der Waals surface area contributed by atoms with Crippen molar-refractivity contribution in [3.05, 3.63) is 58.2 Å². The molecule has 1 fully saturated rings. The van der Waals surface area contributed by atoms with E-state index in [1.165, 1.54) is 22.3 Å². The summed E-state index contributed by atoms with van der Waals surface area (Å²) < 4.78 is 5.47. The van der Waals surface area contributed by atoms with E-state index in [1.807, 2.05) is 24.4 Å². The topological polar surface area (TPSA) is 25.4 Å². The van der Waals surface area contributed by atoms with E-state index in [-0.39, 0.29) is 0 Å². The highest BCUT2D eigenvalue weighted by molar-refractivity contribution is 6.30.